The van der Waals surface area contributed by atoms with Gasteiger partial charge in [0, 0.05) is 73.9 Å². The van der Waals surface area contributed by atoms with Crippen LogP contribution in [0.3, 0.4) is 0 Å². The minimum atomic E-state index is -2.61. The van der Waals surface area contributed by atoms with Crippen molar-refractivity contribution in [3.8, 4) is 0 Å². The fourth-order valence-corrected chi connectivity index (χ4v) is 8.41. The molecule has 0 aliphatic carbocycles. The molecule has 0 saturated carbocycles. The van der Waals surface area contributed by atoms with Crippen molar-refractivity contribution in [1.82, 2.24) is 14.9 Å². The molecule has 7 heterocycles. The summed E-state index contributed by atoms with van der Waals surface area (Å²) < 4.78 is 35.4. The number of piperidine rings is 1. The van der Waals surface area contributed by atoms with Crippen LogP contribution in [0.1, 0.15) is 73.2 Å². The molecule has 2 aromatic rings. The van der Waals surface area contributed by atoms with Crippen LogP contribution in [-0.4, -0.2) is 84.0 Å². The third-order valence-corrected chi connectivity index (χ3v) is 10.6. The van der Waals surface area contributed by atoms with Crippen LogP contribution in [0.15, 0.2) is 31.0 Å². The number of nitrogens with zero attached hydrogens (tertiary/aromatic N) is 6. The first-order valence-electron chi connectivity index (χ1n) is 15.6. The summed E-state index contributed by atoms with van der Waals surface area (Å²) in [5.41, 5.74) is 4.66. The highest BCUT2D eigenvalue weighted by Crippen LogP contribution is 2.50. The lowest BCUT2D eigenvalue weighted by atomic mass is 9.82. The molecule has 8 nitrogen and oxygen atoms in total. The van der Waals surface area contributed by atoms with E-state index in [9.17, 15) is 14.0 Å². The van der Waals surface area contributed by atoms with Gasteiger partial charge in [0.15, 0.2) is 0 Å². The molecule has 5 aliphatic rings. The van der Waals surface area contributed by atoms with Crippen LogP contribution < -0.4 is 9.80 Å². The largest absolute Gasteiger partial charge is 0.632 e. The van der Waals surface area contributed by atoms with E-state index in [-0.39, 0.29) is 28.1 Å². The van der Waals surface area contributed by atoms with Gasteiger partial charge in [-0.05, 0) is 63.7 Å². The van der Waals surface area contributed by atoms with Gasteiger partial charge >= 0.3 is 0 Å². The van der Waals surface area contributed by atoms with Gasteiger partial charge in [-0.3, -0.25) is 9.88 Å². The number of piperazine rings is 1. The van der Waals surface area contributed by atoms with Crippen molar-refractivity contribution in [2.24, 2.45) is 0 Å². The number of aromatic nitrogens is 2. The maximum atomic E-state index is 14.5. The highest BCUT2D eigenvalue weighted by atomic mass is 19.3. The number of fused-ring (bicyclic) bond motifs is 5. The first-order valence-corrected chi connectivity index (χ1v) is 15.6. The van der Waals surface area contributed by atoms with E-state index >= 15 is 0 Å². The molecule has 2 aromatic heterocycles. The lowest BCUT2D eigenvalue weighted by Gasteiger charge is -2.57. The fraction of sp³-hybridized carbons (Fsp3) is 0.625. The van der Waals surface area contributed by atoms with E-state index in [1.54, 1.807) is 6.08 Å². The minimum absolute atomic E-state index is 0.0512. The van der Waals surface area contributed by atoms with Crippen LogP contribution in [0, 0.1) is 12.1 Å². The highest BCUT2D eigenvalue weighted by molar-refractivity contribution is 5.66. The Morgan fingerprint density at radius 1 is 1.21 bits per heavy atom. The molecule has 7 rings (SSSR count). The van der Waals surface area contributed by atoms with E-state index in [0.29, 0.717) is 56.6 Å². The van der Waals surface area contributed by atoms with Gasteiger partial charge in [0.05, 0.1) is 37.0 Å². The lowest BCUT2D eigenvalue weighted by Crippen LogP contribution is -2.70. The lowest BCUT2D eigenvalue weighted by molar-refractivity contribution is -0.879. The normalized spacial score (nSPS) is 28.2. The third-order valence-electron chi connectivity index (χ3n) is 10.6. The molecule has 3 saturated heterocycles. The number of alkyl halides is 2. The number of quaternary nitrogens is 1. The molecular formula is C32H42F2N6O2. The molecule has 5 aliphatic heterocycles. The Hall–Kier alpha value is -2.66. The van der Waals surface area contributed by atoms with E-state index < -0.39 is 6.43 Å². The highest BCUT2D eigenvalue weighted by Gasteiger charge is 2.49. The summed E-state index contributed by atoms with van der Waals surface area (Å²) in [5.74, 6) is 0.646. The number of rotatable bonds is 5. The van der Waals surface area contributed by atoms with E-state index in [2.05, 4.69) is 57.2 Å². The second kappa shape index (κ2) is 10.5. The third kappa shape index (κ3) is 4.53. The predicted molar refractivity (Wildman–Crippen MR) is 159 cm³/mol. The van der Waals surface area contributed by atoms with Gasteiger partial charge in [0.2, 0.25) is 0 Å². The Labute approximate surface area is 247 Å². The SMILES string of the molecule is C=CC[N+]1([O-])CCN(C2CN3c4cc(N5CCC6(CC5)OC(C)c5nccc(C)c56)nc(C(F)F)c4CCCC23)CC1. The first-order chi connectivity index (χ1) is 20.2. The molecule has 3 unspecified atom stereocenters. The monoisotopic (exact) mass is 580 g/mol. The Morgan fingerprint density at radius 3 is 2.69 bits per heavy atom. The molecule has 226 valence electrons. The summed E-state index contributed by atoms with van der Waals surface area (Å²) in [4.78, 5) is 16.2. The van der Waals surface area contributed by atoms with Crippen LogP contribution in [0.25, 0.3) is 0 Å². The van der Waals surface area contributed by atoms with Gasteiger partial charge in [0.25, 0.3) is 6.43 Å². The van der Waals surface area contributed by atoms with Crippen LogP contribution in [0.4, 0.5) is 20.3 Å². The number of pyridine rings is 2. The Balaban J connectivity index is 1.12. The van der Waals surface area contributed by atoms with Gasteiger partial charge in [-0.2, -0.15) is 0 Å². The molecular weight excluding hydrogens is 538 g/mol. The van der Waals surface area contributed by atoms with Crippen LogP contribution in [0.5, 0.6) is 0 Å². The summed E-state index contributed by atoms with van der Waals surface area (Å²) in [5, 5.41) is 12.9. The van der Waals surface area contributed by atoms with Gasteiger partial charge in [0.1, 0.15) is 11.5 Å². The molecule has 0 amide bonds. The van der Waals surface area contributed by atoms with E-state index in [1.165, 1.54) is 11.1 Å². The first kappa shape index (κ1) is 28.1. The molecule has 1 spiro atoms. The molecule has 3 atom stereocenters. The van der Waals surface area contributed by atoms with Crippen molar-refractivity contribution in [3.63, 3.8) is 0 Å². The number of hydrogen-bond acceptors (Lipinski definition) is 7. The summed E-state index contributed by atoms with van der Waals surface area (Å²) in [6.07, 6.45) is 4.91. The number of anilines is 2. The van der Waals surface area contributed by atoms with Crippen LogP contribution in [0.2, 0.25) is 0 Å². The average molecular weight is 581 g/mol. The number of hydrogen-bond donors (Lipinski definition) is 0. The maximum absolute atomic E-state index is 14.5. The maximum Gasteiger partial charge on any atom is 0.280 e. The summed E-state index contributed by atoms with van der Waals surface area (Å²) in [6.45, 7) is 13.3. The second-order valence-electron chi connectivity index (χ2n) is 13.0. The Kier molecular flexibility index (Phi) is 7.03. The number of ether oxygens (including phenoxy) is 1. The molecule has 0 N–H and O–H groups in total. The van der Waals surface area contributed by atoms with E-state index in [0.717, 1.165) is 56.7 Å². The average Bonchev–Trinajstić information content (AvgIpc) is 3.15. The van der Waals surface area contributed by atoms with Crippen LogP contribution in [-0.2, 0) is 16.8 Å². The van der Waals surface area contributed by atoms with Crippen molar-refractivity contribution >= 4 is 11.5 Å². The van der Waals surface area contributed by atoms with Crippen molar-refractivity contribution in [2.45, 2.75) is 76.2 Å². The van der Waals surface area contributed by atoms with Gasteiger partial charge < -0.3 is 24.4 Å². The zero-order chi connectivity index (χ0) is 29.2. The van der Waals surface area contributed by atoms with Crippen LogP contribution >= 0.6 is 0 Å². The molecule has 10 heteroatoms. The summed E-state index contributed by atoms with van der Waals surface area (Å²) in [7, 11) is 0. The smallest absolute Gasteiger partial charge is 0.280 e. The number of halogens is 2. The zero-order valence-electron chi connectivity index (χ0n) is 24.8. The number of hydroxylamine groups is 3. The second-order valence-corrected chi connectivity index (χ2v) is 13.0. The molecule has 42 heavy (non-hydrogen) atoms. The van der Waals surface area contributed by atoms with Gasteiger partial charge in [-0.25, -0.2) is 13.8 Å². The standard InChI is InChI=1S/C32H42F2N6O2/c1-4-16-40(41)17-14-37(15-18-40)26-20-39-24(26)7-5-6-23-25(39)19-27(36-30(23)31(33)34)38-12-9-32(10-13-38)28-21(2)8-11-35-29(28)22(3)42-32/h4,8,11,19,22,24,26,31H,1,5-7,9-10,12-18,20H2,2-3H3. The minimum Gasteiger partial charge on any atom is -0.632 e. The van der Waals surface area contributed by atoms with Crippen molar-refractivity contribution in [3.05, 3.63) is 64.3 Å². The van der Waals surface area contributed by atoms with E-state index in [1.807, 2.05) is 6.20 Å². The quantitative estimate of drug-likeness (QED) is 0.280. The molecule has 3 fully saturated rings. The zero-order valence-corrected chi connectivity index (χ0v) is 24.8. The Bertz CT molecular complexity index is 1350. The molecule has 0 bridgehead atoms. The van der Waals surface area contributed by atoms with Crippen molar-refractivity contribution in [1.29, 1.82) is 0 Å². The summed E-state index contributed by atoms with van der Waals surface area (Å²) in [6, 6.07) is 4.76. The van der Waals surface area contributed by atoms with Gasteiger partial charge in [-0.15, -0.1) is 0 Å². The van der Waals surface area contributed by atoms with Gasteiger partial charge in [-0.1, -0.05) is 6.58 Å². The fourth-order valence-electron chi connectivity index (χ4n) is 8.41. The topological polar surface area (TPSA) is 67.8 Å². The summed E-state index contributed by atoms with van der Waals surface area (Å²) >= 11 is 0. The molecule has 0 radical (unpaired) electrons. The van der Waals surface area contributed by atoms with E-state index in [4.69, 9.17) is 4.74 Å². The molecule has 0 aromatic carbocycles. The predicted octanol–water partition coefficient (Wildman–Crippen LogP) is 5.02. The van der Waals surface area contributed by atoms with Crippen molar-refractivity contribution in [2.75, 3.05) is 62.2 Å². The number of aryl methyl sites for hydroxylation is 1. The van der Waals surface area contributed by atoms with Crippen molar-refractivity contribution < 1.29 is 18.2 Å². The Morgan fingerprint density at radius 2 is 1.98 bits per heavy atom.